The third-order valence-corrected chi connectivity index (χ3v) is 6.68. The minimum Gasteiger partial charge on any atom is -0.360 e. The van der Waals surface area contributed by atoms with Crippen molar-refractivity contribution in [2.75, 3.05) is 6.54 Å². The fourth-order valence-electron chi connectivity index (χ4n) is 4.20. The maximum absolute atomic E-state index is 13.4. The van der Waals surface area contributed by atoms with Gasteiger partial charge in [-0.2, -0.15) is 0 Å². The third kappa shape index (κ3) is 4.75. The van der Waals surface area contributed by atoms with E-state index in [-0.39, 0.29) is 17.7 Å². The van der Waals surface area contributed by atoms with Gasteiger partial charge in [-0.25, -0.2) is 0 Å². The molecular weight excluding hydrogens is 424 g/mol. The van der Waals surface area contributed by atoms with Crippen molar-refractivity contribution in [3.8, 4) is 10.4 Å². The van der Waals surface area contributed by atoms with Gasteiger partial charge >= 0.3 is 0 Å². The van der Waals surface area contributed by atoms with E-state index >= 15 is 0 Å². The molecule has 0 saturated carbocycles. The molecule has 1 aromatic carbocycles. The van der Waals surface area contributed by atoms with Crippen molar-refractivity contribution in [2.45, 2.75) is 52.1 Å². The fraction of sp³-hybridized carbons (Fsp3) is 0.417. The van der Waals surface area contributed by atoms with Gasteiger partial charge < -0.3 is 14.7 Å². The van der Waals surface area contributed by atoms with Crippen molar-refractivity contribution < 1.29 is 14.1 Å². The van der Waals surface area contributed by atoms with Gasteiger partial charge in [-0.15, -0.1) is 11.3 Å². The average Bonchev–Trinajstić information content (AvgIpc) is 3.54. The second kappa shape index (κ2) is 9.65. The van der Waals surface area contributed by atoms with Gasteiger partial charge in [0.25, 0.3) is 0 Å². The molecule has 0 spiro atoms. The summed E-state index contributed by atoms with van der Waals surface area (Å²) < 4.78 is 5.40. The number of hydrogen-bond acceptors (Lipinski definition) is 6. The SMILES string of the molecule is Cc1cc(C(C(=O)N2CCCC2C(=O)NCc2ccc(-c3cncs3)cc2)C(C)C)on1. The Bertz CT molecular complexity index is 1060. The van der Waals surface area contributed by atoms with E-state index in [4.69, 9.17) is 4.52 Å². The number of aromatic nitrogens is 2. The van der Waals surface area contributed by atoms with Crippen LogP contribution in [0.4, 0.5) is 0 Å². The molecule has 168 valence electrons. The first kappa shape index (κ1) is 22.2. The zero-order valence-corrected chi connectivity index (χ0v) is 19.4. The Hall–Kier alpha value is -3.00. The molecule has 8 heteroatoms. The number of carbonyl (C=O) groups is 2. The Balaban J connectivity index is 1.40. The van der Waals surface area contributed by atoms with Crippen LogP contribution in [0.3, 0.4) is 0 Å². The zero-order chi connectivity index (χ0) is 22.7. The smallest absolute Gasteiger partial charge is 0.243 e. The predicted octanol–water partition coefficient (Wildman–Crippen LogP) is 4.15. The number of benzene rings is 1. The van der Waals surface area contributed by atoms with Crippen LogP contribution in [0.2, 0.25) is 0 Å². The van der Waals surface area contributed by atoms with Gasteiger partial charge in [0.1, 0.15) is 17.7 Å². The van der Waals surface area contributed by atoms with E-state index in [2.05, 4.69) is 15.5 Å². The van der Waals surface area contributed by atoms with Crippen molar-refractivity contribution in [1.82, 2.24) is 20.4 Å². The first-order valence-electron chi connectivity index (χ1n) is 10.9. The van der Waals surface area contributed by atoms with Crippen LogP contribution in [0.15, 0.2) is 46.6 Å². The van der Waals surface area contributed by atoms with Crippen LogP contribution in [-0.2, 0) is 16.1 Å². The Kier molecular flexibility index (Phi) is 6.69. The minimum absolute atomic E-state index is 0.0382. The number of amides is 2. The van der Waals surface area contributed by atoms with Gasteiger partial charge in [-0.1, -0.05) is 43.3 Å². The highest BCUT2D eigenvalue weighted by Crippen LogP contribution is 2.31. The fourth-order valence-corrected chi connectivity index (χ4v) is 4.83. The van der Waals surface area contributed by atoms with Crippen LogP contribution in [0.5, 0.6) is 0 Å². The normalized spacial score (nSPS) is 17.0. The van der Waals surface area contributed by atoms with Gasteiger partial charge in [0.05, 0.1) is 16.1 Å². The molecule has 1 N–H and O–H groups in total. The van der Waals surface area contributed by atoms with Crippen molar-refractivity contribution in [1.29, 1.82) is 0 Å². The molecule has 1 aliphatic heterocycles. The summed E-state index contributed by atoms with van der Waals surface area (Å²) in [4.78, 5) is 33.3. The zero-order valence-electron chi connectivity index (χ0n) is 18.6. The second-order valence-corrected chi connectivity index (χ2v) is 9.45. The summed E-state index contributed by atoms with van der Waals surface area (Å²) in [6.07, 6.45) is 3.33. The molecule has 1 fully saturated rings. The summed E-state index contributed by atoms with van der Waals surface area (Å²) in [5.74, 6) is -0.0176. The van der Waals surface area contributed by atoms with Gasteiger partial charge in [-0.3, -0.25) is 14.6 Å². The first-order valence-corrected chi connectivity index (χ1v) is 11.8. The molecule has 3 heterocycles. The topological polar surface area (TPSA) is 88.3 Å². The number of aryl methyl sites for hydroxylation is 1. The van der Waals surface area contributed by atoms with Crippen LogP contribution in [-0.4, -0.2) is 39.4 Å². The van der Waals surface area contributed by atoms with Crippen LogP contribution in [0.25, 0.3) is 10.4 Å². The van der Waals surface area contributed by atoms with Crippen LogP contribution < -0.4 is 5.32 Å². The molecule has 4 rings (SSSR count). The van der Waals surface area contributed by atoms with Gasteiger partial charge in [0.2, 0.25) is 11.8 Å². The standard InChI is InChI=1S/C24H28N4O3S/c1-15(2)22(20-11-16(3)27-31-20)24(30)28-10-4-5-19(28)23(29)26-12-17-6-8-18(9-7-17)21-13-25-14-32-21/h6-9,11,13-15,19,22H,4-5,10,12H2,1-3H3,(H,26,29). The van der Waals surface area contributed by atoms with Crippen LogP contribution >= 0.6 is 11.3 Å². The number of nitrogens with zero attached hydrogens (tertiary/aromatic N) is 3. The molecule has 1 aliphatic rings. The van der Waals surface area contributed by atoms with Crippen LogP contribution in [0, 0.1) is 12.8 Å². The molecule has 0 aliphatic carbocycles. The third-order valence-electron chi connectivity index (χ3n) is 5.86. The molecule has 32 heavy (non-hydrogen) atoms. The lowest BCUT2D eigenvalue weighted by Crippen LogP contribution is -2.47. The van der Waals surface area contributed by atoms with Gasteiger partial charge in [0, 0.05) is 25.4 Å². The number of carbonyl (C=O) groups excluding carboxylic acids is 2. The maximum Gasteiger partial charge on any atom is 0.243 e. The molecule has 2 amide bonds. The number of hydrogen-bond donors (Lipinski definition) is 1. The maximum atomic E-state index is 13.4. The predicted molar refractivity (Wildman–Crippen MR) is 123 cm³/mol. The lowest BCUT2D eigenvalue weighted by Gasteiger charge is -2.28. The van der Waals surface area contributed by atoms with Crippen molar-refractivity contribution >= 4 is 23.2 Å². The van der Waals surface area contributed by atoms with E-state index in [1.165, 1.54) is 0 Å². The molecule has 0 bridgehead atoms. The highest BCUT2D eigenvalue weighted by atomic mass is 32.1. The Morgan fingerprint density at radius 2 is 2.06 bits per heavy atom. The highest BCUT2D eigenvalue weighted by Gasteiger charge is 2.39. The molecule has 3 aromatic rings. The largest absolute Gasteiger partial charge is 0.360 e. The van der Waals surface area contributed by atoms with E-state index in [0.29, 0.717) is 25.3 Å². The highest BCUT2D eigenvalue weighted by molar-refractivity contribution is 7.13. The Morgan fingerprint density at radius 3 is 2.69 bits per heavy atom. The van der Waals surface area contributed by atoms with Crippen molar-refractivity contribution in [2.24, 2.45) is 5.92 Å². The van der Waals surface area contributed by atoms with E-state index < -0.39 is 12.0 Å². The summed E-state index contributed by atoms with van der Waals surface area (Å²) in [6, 6.07) is 9.44. The lowest BCUT2D eigenvalue weighted by atomic mass is 9.91. The van der Waals surface area contributed by atoms with Gasteiger partial charge in [-0.05, 0) is 36.8 Å². The second-order valence-electron chi connectivity index (χ2n) is 8.56. The monoisotopic (exact) mass is 452 g/mol. The number of thiazole rings is 1. The summed E-state index contributed by atoms with van der Waals surface area (Å²) >= 11 is 1.59. The molecule has 7 nitrogen and oxygen atoms in total. The molecule has 2 aromatic heterocycles. The molecule has 0 radical (unpaired) electrons. The Labute approximate surface area is 191 Å². The number of likely N-dealkylation sites (tertiary alicyclic amines) is 1. The lowest BCUT2D eigenvalue weighted by molar-refractivity contribution is -0.140. The summed E-state index contributed by atoms with van der Waals surface area (Å²) in [7, 11) is 0. The van der Waals surface area contributed by atoms with E-state index in [1.807, 2.05) is 62.8 Å². The number of rotatable bonds is 7. The average molecular weight is 453 g/mol. The van der Waals surface area contributed by atoms with Crippen molar-refractivity contribution in [3.63, 3.8) is 0 Å². The molecule has 2 atom stereocenters. The molecule has 2 unspecified atom stereocenters. The summed E-state index contributed by atoms with van der Waals surface area (Å²) in [5.41, 5.74) is 4.68. The quantitative estimate of drug-likeness (QED) is 0.582. The van der Waals surface area contributed by atoms with E-state index in [0.717, 1.165) is 28.1 Å². The Morgan fingerprint density at radius 1 is 1.28 bits per heavy atom. The van der Waals surface area contributed by atoms with Crippen LogP contribution in [0.1, 0.15) is 49.6 Å². The minimum atomic E-state index is -0.454. The van der Waals surface area contributed by atoms with E-state index in [9.17, 15) is 9.59 Å². The van der Waals surface area contributed by atoms with Crippen molar-refractivity contribution in [3.05, 3.63) is 59.1 Å². The first-order chi connectivity index (χ1) is 15.4. The van der Waals surface area contributed by atoms with Gasteiger partial charge in [0.15, 0.2) is 0 Å². The number of nitrogens with one attached hydrogen (secondary N) is 1. The summed E-state index contributed by atoms with van der Waals surface area (Å²) in [6.45, 7) is 6.82. The summed E-state index contributed by atoms with van der Waals surface area (Å²) in [5, 5.41) is 6.95. The molecule has 1 saturated heterocycles. The van der Waals surface area contributed by atoms with E-state index in [1.54, 1.807) is 16.2 Å². The molecular formula is C24H28N4O3S.